The Hall–Kier alpha value is -6.46. The number of rotatable bonds is 12. The molecule has 4 aliphatic rings. The molecule has 4 amide bonds. The molecule has 0 saturated carbocycles. The van der Waals surface area contributed by atoms with Crippen molar-refractivity contribution in [2.24, 2.45) is 23.7 Å². The molecule has 5 aromatic rings. The SMILES string of the molecule is COC(=O)N[C@H](C(=O)N1CCC[C@H]1c1nc2ccc([C@H]3CC[C@H](c4ccc5nc([C@@H]6CCCN6C(=O)[C@H](C(C)C)N(C)C(=O)O)[nH]c5c4)N3c3cc(F)c(N4CC(C)CC(C)C4)c(F)c3)cc2[nH]1)C(C)C. The molecular formula is C53H68F2N10O6. The highest BCUT2D eigenvalue weighted by atomic mass is 19.1. The minimum Gasteiger partial charge on any atom is -0.465 e. The van der Waals surface area contributed by atoms with Crippen LogP contribution in [0, 0.1) is 35.3 Å². The van der Waals surface area contributed by atoms with Crippen LogP contribution in [0.2, 0.25) is 0 Å². The van der Waals surface area contributed by atoms with E-state index in [1.165, 1.54) is 26.3 Å². The maximum absolute atomic E-state index is 16.7. The summed E-state index contributed by atoms with van der Waals surface area (Å²) in [6.07, 6.45) is 3.42. The van der Waals surface area contributed by atoms with Crippen molar-refractivity contribution in [3.05, 3.63) is 82.9 Å². The summed E-state index contributed by atoms with van der Waals surface area (Å²) >= 11 is 0. The van der Waals surface area contributed by atoms with Gasteiger partial charge in [0.1, 0.15) is 29.4 Å². The molecule has 3 aromatic carbocycles. The number of carbonyl (C=O) groups is 4. The summed E-state index contributed by atoms with van der Waals surface area (Å²) in [6, 6.07) is 12.1. The van der Waals surface area contributed by atoms with Crippen molar-refractivity contribution in [1.82, 2.24) is 40.0 Å². The van der Waals surface area contributed by atoms with Crippen LogP contribution in [0.25, 0.3) is 22.1 Å². The van der Waals surface area contributed by atoms with Crippen LogP contribution < -0.4 is 15.1 Å². The number of H-pyrrole nitrogens is 2. The number of methoxy groups -OCH3 is 1. The van der Waals surface area contributed by atoms with Crippen LogP contribution in [0.4, 0.5) is 29.7 Å². The number of benzene rings is 3. The number of nitrogens with one attached hydrogen (secondary N) is 3. The van der Waals surface area contributed by atoms with Crippen LogP contribution in [0.5, 0.6) is 0 Å². The van der Waals surface area contributed by atoms with Crippen molar-refractivity contribution in [2.75, 3.05) is 50.1 Å². The molecule has 6 heterocycles. The Morgan fingerprint density at radius 1 is 0.746 bits per heavy atom. The van der Waals surface area contributed by atoms with E-state index in [2.05, 4.69) is 40.1 Å². The second-order valence-electron chi connectivity index (χ2n) is 21.2. The fourth-order valence-corrected chi connectivity index (χ4v) is 12.2. The van der Waals surface area contributed by atoms with E-state index in [9.17, 15) is 24.3 Å². The quantitative estimate of drug-likeness (QED) is 0.0939. The Labute approximate surface area is 413 Å². The smallest absolute Gasteiger partial charge is 0.407 e. The summed E-state index contributed by atoms with van der Waals surface area (Å²) < 4.78 is 38.1. The van der Waals surface area contributed by atoms with E-state index in [0.29, 0.717) is 86.6 Å². The molecule has 4 N–H and O–H groups in total. The number of hydrogen-bond acceptors (Lipinski definition) is 9. The number of hydrogen-bond donors (Lipinski definition) is 4. The van der Waals surface area contributed by atoms with Gasteiger partial charge in [-0.2, -0.15) is 0 Å². The molecule has 9 rings (SSSR count). The van der Waals surface area contributed by atoms with Gasteiger partial charge in [0.25, 0.3) is 0 Å². The summed E-state index contributed by atoms with van der Waals surface area (Å²) in [6.45, 7) is 13.8. The average Bonchev–Trinajstić information content (AvgIpc) is 4.18. The van der Waals surface area contributed by atoms with Crippen molar-refractivity contribution in [1.29, 1.82) is 0 Å². The van der Waals surface area contributed by atoms with Crippen LogP contribution in [0.1, 0.15) is 133 Å². The normalized spacial score (nSPS) is 23.6. The Morgan fingerprint density at radius 3 is 1.72 bits per heavy atom. The minimum atomic E-state index is -1.16. The van der Waals surface area contributed by atoms with E-state index in [-0.39, 0.29) is 53.5 Å². The van der Waals surface area contributed by atoms with Crippen LogP contribution in [0.3, 0.4) is 0 Å². The summed E-state index contributed by atoms with van der Waals surface area (Å²) in [7, 11) is 2.70. The molecule has 2 unspecified atom stereocenters. The van der Waals surface area contributed by atoms with Crippen molar-refractivity contribution in [3.63, 3.8) is 0 Å². The highest BCUT2D eigenvalue weighted by Gasteiger charge is 2.42. The number of likely N-dealkylation sites (tertiary alicyclic amines) is 2. The van der Waals surface area contributed by atoms with Gasteiger partial charge in [0.15, 0.2) is 11.6 Å². The number of aromatic amines is 2. The molecule has 0 bridgehead atoms. The predicted octanol–water partition coefficient (Wildman–Crippen LogP) is 9.62. The molecular weight excluding hydrogens is 911 g/mol. The number of halogens is 2. The number of carboxylic acid groups (broad SMARTS) is 1. The third kappa shape index (κ3) is 9.57. The van der Waals surface area contributed by atoms with Crippen molar-refractivity contribution >= 4 is 57.4 Å². The second-order valence-corrected chi connectivity index (χ2v) is 21.2. The van der Waals surface area contributed by atoms with Gasteiger partial charge in [0.2, 0.25) is 11.8 Å². The number of aromatic nitrogens is 4. The van der Waals surface area contributed by atoms with E-state index in [0.717, 1.165) is 51.8 Å². The molecule has 380 valence electrons. The lowest BCUT2D eigenvalue weighted by atomic mass is 9.91. The number of piperidine rings is 1. The average molecular weight is 979 g/mol. The van der Waals surface area contributed by atoms with Gasteiger partial charge in [-0.05, 0) is 116 Å². The first-order chi connectivity index (χ1) is 33.9. The van der Waals surface area contributed by atoms with Gasteiger partial charge in [0.05, 0.1) is 53.3 Å². The van der Waals surface area contributed by atoms with Crippen molar-refractivity contribution in [3.8, 4) is 0 Å². The van der Waals surface area contributed by atoms with E-state index < -0.39 is 35.9 Å². The number of imidazole rings is 2. The number of alkyl carbamates (subject to hydrolysis) is 1. The molecule has 0 aliphatic carbocycles. The maximum atomic E-state index is 16.7. The lowest BCUT2D eigenvalue weighted by molar-refractivity contribution is -0.138. The van der Waals surface area contributed by atoms with E-state index in [4.69, 9.17) is 14.7 Å². The Kier molecular flexibility index (Phi) is 13.9. The number of anilines is 2. The zero-order valence-corrected chi connectivity index (χ0v) is 42.0. The molecule has 2 aromatic heterocycles. The standard InChI is InChI=1S/C53H68F2N10O6/c1-28(2)45(60-52(68)71-8)50(66)63-19-9-11-43(63)48-56-37-15-13-32(22-39(37)58-48)41-17-18-42(65(41)34-24-35(54)47(36(55)25-34)62-26-30(5)21-31(6)27-62)33-14-16-38-40(23-33)59-49(57-38)44-12-10-20-64(44)51(67)46(29(3)4)61(7)53(69)70/h13-16,22-25,28-31,41-46H,9-12,17-21,26-27H2,1-8H3,(H,56,58)(H,57,59)(H,60,68)(H,69,70)/t30?,31?,41-,42-,43+,44+,45+,46+/m1/s1. The van der Waals surface area contributed by atoms with Crippen LogP contribution >= 0.6 is 0 Å². The van der Waals surface area contributed by atoms with Gasteiger partial charge in [-0.1, -0.05) is 53.7 Å². The number of amides is 4. The highest BCUT2D eigenvalue weighted by molar-refractivity contribution is 5.87. The topological polar surface area (TPSA) is 183 Å². The molecule has 4 fully saturated rings. The second kappa shape index (κ2) is 20.0. The van der Waals surface area contributed by atoms with Crippen LogP contribution in [0.15, 0.2) is 48.5 Å². The first kappa shape index (κ1) is 49.5. The molecule has 4 saturated heterocycles. The number of fused-ring (bicyclic) bond motifs is 2. The fourth-order valence-electron chi connectivity index (χ4n) is 12.2. The summed E-state index contributed by atoms with van der Waals surface area (Å²) in [4.78, 5) is 77.7. The van der Waals surface area contributed by atoms with E-state index >= 15 is 8.78 Å². The highest BCUT2D eigenvalue weighted by Crippen LogP contribution is 2.49. The molecule has 8 atom stereocenters. The third-order valence-corrected chi connectivity index (χ3v) is 15.4. The first-order valence-corrected chi connectivity index (χ1v) is 25.3. The summed E-state index contributed by atoms with van der Waals surface area (Å²) in [5.41, 5.74) is 5.26. The lowest BCUT2D eigenvalue weighted by Crippen LogP contribution is -2.51. The molecule has 71 heavy (non-hydrogen) atoms. The number of carbonyl (C=O) groups excluding carboxylic acids is 3. The third-order valence-electron chi connectivity index (χ3n) is 15.4. The lowest BCUT2D eigenvalue weighted by Gasteiger charge is -2.38. The Balaban J connectivity index is 1.05. The number of ether oxygens (including phenoxy) is 1. The molecule has 0 spiro atoms. The molecule has 0 radical (unpaired) electrons. The van der Waals surface area contributed by atoms with Gasteiger partial charge < -0.3 is 44.7 Å². The monoisotopic (exact) mass is 979 g/mol. The van der Waals surface area contributed by atoms with Gasteiger partial charge in [-0.3, -0.25) is 14.5 Å². The van der Waals surface area contributed by atoms with Crippen molar-refractivity contribution < 1.29 is 37.8 Å². The van der Waals surface area contributed by atoms with Crippen LogP contribution in [-0.4, -0.2) is 116 Å². The number of likely N-dealkylation sites (N-methyl/N-ethyl adjacent to an activating group) is 1. The van der Waals surface area contributed by atoms with Crippen LogP contribution in [-0.2, 0) is 14.3 Å². The Bertz CT molecular complexity index is 2780. The summed E-state index contributed by atoms with van der Waals surface area (Å²) in [5.74, 6) is -0.193. The van der Waals surface area contributed by atoms with Gasteiger partial charge in [-0.25, -0.2) is 28.3 Å². The van der Waals surface area contributed by atoms with Gasteiger partial charge in [0, 0.05) is 38.9 Å². The first-order valence-electron chi connectivity index (χ1n) is 25.3. The number of nitrogens with zero attached hydrogens (tertiary/aromatic N) is 7. The predicted molar refractivity (Wildman–Crippen MR) is 267 cm³/mol. The molecule has 4 aliphatic heterocycles. The minimum absolute atomic E-state index is 0.00579. The van der Waals surface area contributed by atoms with Gasteiger partial charge >= 0.3 is 12.2 Å². The summed E-state index contributed by atoms with van der Waals surface area (Å²) in [5, 5.41) is 12.5. The molecule has 16 nitrogen and oxygen atoms in total. The Morgan fingerprint density at radius 2 is 1.25 bits per heavy atom. The van der Waals surface area contributed by atoms with E-state index in [1.54, 1.807) is 9.80 Å². The van der Waals surface area contributed by atoms with Gasteiger partial charge in [-0.15, -0.1) is 0 Å². The fraction of sp³-hybridized carbons (Fsp3) is 0.547. The zero-order chi connectivity index (χ0) is 50.6. The zero-order valence-electron chi connectivity index (χ0n) is 42.0. The maximum Gasteiger partial charge on any atom is 0.407 e. The van der Waals surface area contributed by atoms with Crippen molar-refractivity contribution in [2.45, 2.75) is 123 Å². The largest absolute Gasteiger partial charge is 0.465 e. The molecule has 18 heteroatoms. The van der Waals surface area contributed by atoms with E-state index in [1.807, 2.05) is 62.9 Å².